The molecule has 3 aliphatic carbocycles. The van der Waals surface area contributed by atoms with Crippen molar-refractivity contribution in [3.8, 4) is 11.8 Å². The highest BCUT2D eigenvalue weighted by Gasteiger charge is 2.20. The van der Waals surface area contributed by atoms with Crippen molar-refractivity contribution in [1.29, 1.82) is 0 Å². The van der Waals surface area contributed by atoms with E-state index in [0.29, 0.717) is 5.92 Å². The normalized spacial score (nSPS) is 28.5. The van der Waals surface area contributed by atoms with E-state index in [1.165, 1.54) is 28.0 Å². The minimum Gasteiger partial charge on any atom is -0.260 e. The molecule has 23 heavy (non-hydrogen) atoms. The van der Waals surface area contributed by atoms with Gasteiger partial charge in [-0.2, -0.15) is 0 Å². The molecule has 1 unspecified atom stereocenters. The lowest BCUT2D eigenvalue weighted by molar-refractivity contribution is 0.755. The molecule has 0 spiro atoms. The van der Waals surface area contributed by atoms with Crippen molar-refractivity contribution in [1.82, 2.24) is 0 Å². The lowest BCUT2D eigenvalue weighted by Crippen LogP contribution is -2.10. The van der Waals surface area contributed by atoms with E-state index in [1.807, 2.05) is 6.08 Å². The number of allylic oxidation sites excluding steroid dienone is 10. The van der Waals surface area contributed by atoms with Crippen molar-refractivity contribution in [2.75, 3.05) is 0 Å². The van der Waals surface area contributed by atoms with Crippen LogP contribution in [0.2, 0.25) is 0 Å². The largest absolute Gasteiger partial charge is 0.260 e. The zero-order valence-electron chi connectivity index (χ0n) is 13.4. The van der Waals surface area contributed by atoms with Crippen molar-refractivity contribution in [3.63, 3.8) is 0 Å². The van der Waals surface area contributed by atoms with Crippen LogP contribution in [0.4, 0.5) is 0 Å². The van der Waals surface area contributed by atoms with E-state index in [2.05, 4.69) is 54.5 Å². The van der Waals surface area contributed by atoms with E-state index in [9.17, 15) is 0 Å². The third kappa shape index (κ3) is 2.94. The Kier molecular flexibility index (Phi) is 3.99. The Balaban J connectivity index is 1.76. The highest BCUT2D eigenvalue weighted by atomic mass is 14.8. The molecule has 4 rings (SSSR count). The van der Waals surface area contributed by atoms with Crippen LogP contribution in [0.25, 0.3) is 0 Å². The topological polar surface area (TPSA) is 12.4 Å². The molecular weight excluding hydrogens is 278 g/mol. The number of nitrogens with zero attached hydrogens (tertiary/aromatic N) is 1. The number of hydrogen-bond donors (Lipinski definition) is 0. The molecular formula is C22H21N. The fourth-order valence-corrected chi connectivity index (χ4v) is 3.67. The molecule has 0 N–H and O–H groups in total. The standard InChI is InChI=1S/C22H21N/c1-2-10-18-14-15-19-11-6-4-8-17-9-5-7-12-20(17)16-23-22(19)21(18)13-3-1/h3,5-7,9,11,13,16,20H,4,8,10,12,14-15H2/b11-6+,23-16+. The van der Waals surface area contributed by atoms with Crippen LogP contribution in [-0.4, -0.2) is 6.21 Å². The molecule has 4 aliphatic rings. The van der Waals surface area contributed by atoms with Crippen molar-refractivity contribution in [3.05, 3.63) is 70.5 Å². The molecule has 1 nitrogen and oxygen atoms in total. The van der Waals surface area contributed by atoms with Crippen LogP contribution in [0.1, 0.15) is 38.5 Å². The summed E-state index contributed by atoms with van der Waals surface area (Å²) in [6, 6.07) is 0. The first-order valence-corrected chi connectivity index (χ1v) is 8.58. The zero-order valence-corrected chi connectivity index (χ0v) is 13.4. The minimum absolute atomic E-state index is 0.456. The monoisotopic (exact) mass is 299 g/mol. The molecule has 0 radical (unpaired) electrons. The lowest BCUT2D eigenvalue weighted by atomic mass is 9.86. The van der Waals surface area contributed by atoms with Crippen LogP contribution in [0.5, 0.6) is 0 Å². The molecule has 0 aromatic carbocycles. The second-order valence-electron chi connectivity index (χ2n) is 6.45. The third-order valence-electron chi connectivity index (χ3n) is 4.99. The van der Waals surface area contributed by atoms with E-state index in [1.54, 1.807) is 0 Å². The molecule has 1 heteroatoms. The summed E-state index contributed by atoms with van der Waals surface area (Å²) in [5.41, 5.74) is 6.80. The fourth-order valence-electron chi connectivity index (χ4n) is 3.67. The van der Waals surface area contributed by atoms with E-state index in [-0.39, 0.29) is 0 Å². The van der Waals surface area contributed by atoms with Crippen LogP contribution in [0.15, 0.2) is 75.5 Å². The Morgan fingerprint density at radius 1 is 1.09 bits per heavy atom. The Labute approximate surface area is 138 Å². The van der Waals surface area contributed by atoms with Crippen LogP contribution in [-0.2, 0) is 0 Å². The molecule has 1 atom stereocenters. The summed E-state index contributed by atoms with van der Waals surface area (Å²) in [5, 5.41) is 0. The Morgan fingerprint density at radius 3 is 3.09 bits per heavy atom. The lowest BCUT2D eigenvalue weighted by Gasteiger charge is -2.23. The van der Waals surface area contributed by atoms with Gasteiger partial charge in [0.25, 0.3) is 0 Å². The van der Waals surface area contributed by atoms with Gasteiger partial charge in [-0.1, -0.05) is 47.8 Å². The van der Waals surface area contributed by atoms with Gasteiger partial charge in [-0.05, 0) is 55.4 Å². The molecule has 1 aliphatic heterocycles. The molecule has 0 aromatic rings. The first-order valence-electron chi connectivity index (χ1n) is 8.58. The van der Waals surface area contributed by atoms with Gasteiger partial charge in [0.15, 0.2) is 0 Å². The molecule has 0 saturated carbocycles. The average Bonchev–Trinajstić information content (AvgIpc) is 2.84. The van der Waals surface area contributed by atoms with Gasteiger partial charge < -0.3 is 0 Å². The van der Waals surface area contributed by atoms with E-state index >= 15 is 0 Å². The number of rotatable bonds is 0. The van der Waals surface area contributed by atoms with Crippen molar-refractivity contribution in [2.45, 2.75) is 38.5 Å². The molecule has 0 bridgehead atoms. The quantitative estimate of drug-likeness (QED) is 0.544. The van der Waals surface area contributed by atoms with Gasteiger partial charge in [-0.25, -0.2) is 0 Å². The smallest absolute Gasteiger partial charge is 0.0730 e. The Bertz CT molecular complexity index is 782. The van der Waals surface area contributed by atoms with Gasteiger partial charge in [0.1, 0.15) is 0 Å². The first-order chi connectivity index (χ1) is 11.4. The number of fused-ring (bicyclic) bond motifs is 2. The molecule has 114 valence electrons. The number of aliphatic imine (C=N–C) groups is 1. The molecule has 1 heterocycles. The Morgan fingerprint density at radius 2 is 2.09 bits per heavy atom. The molecule has 0 amide bonds. The van der Waals surface area contributed by atoms with E-state index in [0.717, 1.165) is 38.5 Å². The van der Waals surface area contributed by atoms with E-state index < -0.39 is 0 Å². The van der Waals surface area contributed by atoms with Gasteiger partial charge in [0, 0.05) is 24.1 Å². The van der Waals surface area contributed by atoms with Crippen molar-refractivity contribution < 1.29 is 0 Å². The van der Waals surface area contributed by atoms with Gasteiger partial charge in [-0.3, -0.25) is 4.99 Å². The van der Waals surface area contributed by atoms with Crippen LogP contribution in [0.3, 0.4) is 0 Å². The highest BCUT2D eigenvalue weighted by Crippen LogP contribution is 2.36. The second-order valence-corrected chi connectivity index (χ2v) is 6.45. The summed E-state index contributed by atoms with van der Waals surface area (Å²) in [6.07, 6.45) is 24.1. The SMILES string of the molecule is C1#CCC2=C(C=C1)C1=C(/C=C/CCC3=CC=CCC3/C=N/1)CC2. The molecule has 0 saturated heterocycles. The predicted octanol–water partition coefficient (Wildman–Crippen LogP) is 5.22. The zero-order chi connectivity index (χ0) is 15.5. The summed E-state index contributed by atoms with van der Waals surface area (Å²) in [5.74, 6) is 6.80. The summed E-state index contributed by atoms with van der Waals surface area (Å²) in [7, 11) is 0. The summed E-state index contributed by atoms with van der Waals surface area (Å²) in [6.45, 7) is 0. The second kappa shape index (κ2) is 6.42. The highest BCUT2D eigenvalue weighted by molar-refractivity contribution is 5.70. The molecule has 0 fully saturated rings. The predicted molar refractivity (Wildman–Crippen MR) is 97.0 cm³/mol. The first kappa shape index (κ1) is 14.3. The summed E-state index contributed by atoms with van der Waals surface area (Å²) in [4.78, 5) is 4.98. The van der Waals surface area contributed by atoms with Gasteiger partial charge >= 0.3 is 0 Å². The number of hydrogen-bond acceptors (Lipinski definition) is 1. The molecule has 0 aromatic heterocycles. The van der Waals surface area contributed by atoms with Crippen molar-refractivity contribution in [2.24, 2.45) is 10.9 Å². The maximum atomic E-state index is 4.98. The van der Waals surface area contributed by atoms with Crippen LogP contribution < -0.4 is 0 Å². The van der Waals surface area contributed by atoms with E-state index in [4.69, 9.17) is 4.99 Å². The average molecular weight is 299 g/mol. The van der Waals surface area contributed by atoms with Gasteiger partial charge in [0.05, 0.1) is 5.70 Å². The van der Waals surface area contributed by atoms with Gasteiger partial charge in [-0.15, -0.1) is 0 Å². The van der Waals surface area contributed by atoms with Crippen LogP contribution >= 0.6 is 0 Å². The summed E-state index contributed by atoms with van der Waals surface area (Å²) >= 11 is 0. The van der Waals surface area contributed by atoms with Crippen molar-refractivity contribution >= 4 is 6.21 Å². The maximum absolute atomic E-state index is 4.98. The maximum Gasteiger partial charge on any atom is 0.0730 e. The minimum atomic E-state index is 0.456. The fraction of sp³-hybridized carbons (Fsp3) is 0.318. The Hall–Kier alpha value is -2.33. The third-order valence-corrected chi connectivity index (χ3v) is 4.99. The summed E-state index contributed by atoms with van der Waals surface area (Å²) < 4.78 is 0. The van der Waals surface area contributed by atoms with Gasteiger partial charge in [0.2, 0.25) is 0 Å². The van der Waals surface area contributed by atoms with Crippen LogP contribution in [0, 0.1) is 17.8 Å².